The summed E-state index contributed by atoms with van der Waals surface area (Å²) in [6.07, 6.45) is 4.08. The lowest BCUT2D eigenvalue weighted by Gasteiger charge is -2.22. The van der Waals surface area contributed by atoms with Gasteiger partial charge in [0.25, 0.3) is 5.91 Å². The summed E-state index contributed by atoms with van der Waals surface area (Å²) in [5.74, 6) is 1.04. The molecule has 1 aliphatic carbocycles. The van der Waals surface area contributed by atoms with E-state index in [4.69, 9.17) is 11.5 Å². The largest absolute Gasteiger partial charge is 0.397 e. The monoisotopic (exact) mass is 234 g/mol. The van der Waals surface area contributed by atoms with E-state index in [9.17, 15) is 4.79 Å². The van der Waals surface area contributed by atoms with Crippen LogP contribution in [0.3, 0.4) is 0 Å². The summed E-state index contributed by atoms with van der Waals surface area (Å²) >= 11 is 0. The molecule has 0 aromatic carbocycles. The van der Waals surface area contributed by atoms with Crippen molar-refractivity contribution in [1.29, 1.82) is 0 Å². The maximum atomic E-state index is 11.2. The Balaban J connectivity index is 2.23. The first kappa shape index (κ1) is 11.7. The fraction of sp³-hybridized carbons (Fsp3) is 0.500. The van der Waals surface area contributed by atoms with Gasteiger partial charge >= 0.3 is 0 Å². The van der Waals surface area contributed by atoms with Crippen LogP contribution in [-0.4, -0.2) is 24.0 Å². The van der Waals surface area contributed by atoms with Crippen molar-refractivity contribution in [2.75, 3.05) is 23.7 Å². The quantitative estimate of drug-likeness (QED) is 0.795. The Hall–Kier alpha value is -1.78. The maximum Gasteiger partial charge on any atom is 0.250 e. The molecule has 1 saturated carbocycles. The normalized spacial score (nSPS) is 14.6. The van der Waals surface area contributed by atoms with Crippen molar-refractivity contribution in [3.8, 4) is 0 Å². The van der Waals surface area contributed by atoms with Gasteiger partial charge in [0.05, 0.1) is 17.4 Å². The van der Waals surface area contributed by atoms with Crippen LogP contribution in [0, 0.1) is 5.92 Å². The van der Waals surface area contributed by atoms with Crippen LogP contribution in [0.4, 0.5) is 11.5 Å². The number of carbonyl (C=O) groups excluding carboxylic acids is 1. The minimum atomic E-state index is -0.506. The molecule has 1 aliphatic rings. The third kappa shape index (κ3) is 2.67. The Kier molecular flexibility index (Phi) is 3.17. The van der Waals surface area contributed by atoms with Gasteiger partial charge in [-0.2, -0.15) is 0 Å². The lowest BCUT2D eigenvalue weighted by Crippen LogP contribution is -2.27. The molecule has 0 spiro atoms. The second kappa shape index (κ2) is 4.61. The predicted octanol–water partition coefficient (Wildman–Crippen LogP) is 0.999. The highest BCUT2D eigenvalue weighted by atomic mass is 16.1. The maximum absolute atomic E-state index is 11.2. The lowest BCUT2D eigenvalue weighted by atomic mass is 10.2. The minimum Gasteiger partial charge on any atom is -0.397 e. The van der Waals surface area contributed by atoms with Crippen molar-refractivity contribution in [2.24, 2.45) is 11.7 Å². The number of amides is 1. The number of anilines is 2. The van der Waals surface area contributed by atoms with Crippen molar-refractivity contribution < 1.29 is 4.79 Å². The number of aromatic nitrogens is 1. The molecule has 92 valence electrons. The summed E-state index contributed by atoms with van der Waals surface area (Å²) in [5.41, 5.74) is 11.6. The molecule has 0 radical (unpaired) electrons. The molecule has 5 nitrogen and oxygen atoms in total. The molecular weight excluding hydrogens is 216 g/mol. The van der Waals surface area contributed by atoms with Crippen molar-refractivity contribution in [2.45, 2.75) is 19.8 Å². The first-order chi connectivity index (χ1) is 8.11. The second-order valence-electron chi connectivity index (χ2n) is 4.48. The fourth-order valence-corrected chi connectivity index (χ4v) is 1.84. The summed E-state index contributed by atoms with van der Waals surface area (Å²) in [6, 6.07) is 1.68. The average Bonchev–Trinajstić information content (AvgIpc) is 3.10. The Bertz CT molecular complexity index is 429. The zero-order valence-corrected chi connectivity index (χ0v) is 10.0. The molecule has 0 saturated heterocycles. The van der Waals surface area contributed by atoms with Crippen LogP contribution in [0.15, 0.2) is 12.3 Å². The lowest BCUT2D eigenvalue weighted by molar-refractivity contribution is 0.100. The Morgan fingerprint density at radius 2 is 2.29 bits per heavy atom. The second-order valence-corrected chi connectivity index (χ2v) is 4.48. The fourth-order valence-electron chi connectivity index (χ4n) is 1.84. The highest BCUT2D eigenvalue weighted by molar-refractivity contribution is 5.98. The summed E-state index contributed by atoms with van der Waals surface area (Å²) in [6.45, 7) is 3.93. The Labute approximate surface area is 101 Å². The van der Waals surface area contributed by atoms with Crippen LogP contribution in [0.1, 0.15) is 30.1 Å². The molecule has 1 amide bonds. The molecule has 1 fully saturated rings. The van der Waals surface area contributed by atoms with Crippen LogP contribution in [0.25, 0.3) is 0 Å². The third-order valence-electron chi connectivity index (χ3n) is 3.07. The molecule has 1 aromatic heterocycles. The first-order valence-electron chi connectivity index (χ1n) is 5.92. The van der Waals surface area contributed by atoms with Gasteiger partial charge in [-0.3, -0.25) is 4.79 Å². The number of nitrogen functional groups attached to an aromatic ring is 1. The Morgan fingerprint density at radius 3 is 2.82 bits per heavy atom. The predicted molar refractivity (Wildman–Crippen MR) is 67.8 cm³/mol. The number of nitrogens with two attached hydrogens (primary N) is 2. The van der Waals surface area contributed by atoms with Crippen molar-refractivity contribution in [1.82, 2.24) is 4.98 Å². The van der Waals surface area contributed by atoms with Gasteiger partial charge in [0, 0.05) is 13.1 Å². The van der Waals surface area contributed by atoms with E-state index in [1.54, 1.807) is 6.07 Å². The van der Waals surface area contributed by atoms with Gasteiger partial charge in [0.1, 0.15) is 5.82 Å². The molecule has 5 heteroatoms. The molecule has 0 bridgehead atoms. The molecule has 0 aliphatic heterocycles. The van der Waals surface area contributed by atoms with Crippen LogP contribution in [-0.2, 0) is 0 Å². The highest BCUT2D eigenvalue weighted by Crippen LogP contribution is 2.31. The molecule has 4 N–H and O–H groups in total. The van der Waals surface area contributed by atoms with Crippen LogP contribution >= 0.6 is 0 Å². The zero-order chi connectivity index (χ0) is 12.4. The van der Waals surface area contributed by atoms with Crippen molar-refractivity contribution in [3.63, 3.8) is 0 Å². The van der Waals surface area contributed by atoms with Crippen molar-refractivity contribution >= 4 is 17.4 Å². The number of hydrogen-bond donors (Lipinski definition) is 2. The summed E-state index contributed by atoms with van der Waals surface area (Å²) < 4.78 is 0. The van der Waals surface area contributed by atoms with E-state index < -0.39 is 5.91 Å². The van der Waals surface area contributed by atoms with E-state index in [2.05, 4.69) is 16.8 Å². The van der Waals surface area contributed by atoms with Crippen molar-refractivity contribution in [3.05, 3.63) is 17.8 Å². The van der Waals surface area contributed by atoms with Gasteiger partial charge in [0.15, 0.2) is 0 Å². The van der Waals surface area contributed by atoms with E-state index in [0.29, 0.717) is 11.3 Å². The van der Waals surface area contributed by atoms with Crippen LogP contribution in [0.5, 0.6) is 0 Å². The average molecular weight is 234 g/mol. The van der Waals surface area contributed by atoms with E-state index in [1.165, 1.54) is 19.0 Å². The first-order valence-corrected chi connectivity index (χ1v) is 5.92. The number of hydrogen-bond acceptors (Lipinski definition) is 4. The highest BCUT2D eigenvalue weighted by Gasteiger charge is 2.24. The SMILES string of the molecule is CCN(CC1CC1)c1cc(C(N)=O)c(N)cn1. The van der Waals surface area contributed by atoms with E-state index in [1.807, 2.05) is 0 Å². The van der Waals surface area contributed by atoms with Gasteiger partial charge in [-0.1, -0.05) is 0 Å². The van der Waals surface area contributed by atoms with E-state index in [-0.39, 0.29) is 0 Å². The summed E-state index contributed by atoms with van der Waals surface area (Å²) in [5, 5.41) is 0. The molecular formula is C12H18N4O. The molecule has 1 aromatic rings. The van der Waals surface area contributed by atoms with Crippen LogP contribution < -0.4 is 16.4 Å². The van der Waals surface area contributed by atoms with Gasteiger partial charge in [-0.25, -0.2) is 4.98 Å². The zero-order valence-electron chi connectivity index (χ0n) is 10.0. The summed E-state index contributed by atoms with van der Waals surface area (Å²) in [4.78, 5) is 17.6. The van der Waals surface area contributed by atoms with Crippen LogP contribution in [0.2, 0.25) is 0 Å². The summed E-state index contributed by atoms with van der Waals surface area (Å²) in [7, 11) is 0. The van der Waals surface area contributed by atoms with E-state index >= 15 is 0 Å². The van der Waals surface area contributed by atoms with Gasteiger partial charge in [-0.05, 0) is 31.7 Å². The van der Waals surface area contributed by atoms with Gasteiger partial charge in [-0.15, -0.1) is 0 Å². The molecule has 0 unspecified atom stereocenters. The number of primary amides is 1. The number of nitrogens with zero attached hydrogens (tertiary/aromatic N) is 2. The smallest absolute Gasteiger partial charge is 0.250 e. The molecule has 0 atom stereocenters. The topological polar surface area (TPSA) is 85.2 Å². The standard InChI is InChI=1S/C12H18N4O/c1-2-16(7-8-3-4-8)11-5-9(12(14)17)10(13)6-15-11/h5-6,8H,2-4,7,13H2,1H3,(H2,14,17). The molecule has 1 heterocycles. The van der Waals surface area contributed by atoms with Gasteiger partial charge in [0.2, 0.25) is 0 Å². The van der Waals surface area contributed by atoms with Gasteiger partial charge < -0.3 is 16.4 Å². The Morgan fingerprint density at radius 1 is 1.59 bits per heavy atom. The number of rotatable bonds is 5. The third-order valence-corrected chi connectivity index (χ3v) is 3.07. The molecule has 2 rings (SSSR count). The minimum absolute atomic E-state index is 0.337. The van der Waals surface area contributed by atoms with E-state index in [0.717, 1.165) is 24.8 Å². The number of carbonyl (C=O) groups is 1. The molecule has 17 heavy (non-hydrogen) atoms. The number of pyridine rings is 1.